The van der Waals surface area contributed by atoms with E-state index >= 15 is 0 Å². The number of nitrogens with zero attached hydrogens (tertiary/aromatic N) is 1. The lowest BCUT2D eigenvalue weighted by atomic mass is 10.2. The number of hydrogen-bond donors (Lipinski definition) is 2. The molecule has 0 aromatic carbocycles. The van der Waals surface area contributed by atoms with Crippen LogP contribution in [0.1, 0.15) is 25.1 Å². The molecule has 7 heteroatoms. The summed E-state index contributed by atoms with van der Waals surface area (Å²) in [4.78, 5) is 24.9. The number of hydrogen-bond acceptors (Lipinski definition) is 4. The van der Waals surface area contributed by atoms with Gasteiger partial charge in [-0.05, 0) is 13.8 Å². The van der Waals surface area contributed by atoms with Crippen LogP contribution in [-0.4, -0.2) is 26.9 Å². The summed E-state index contributed by atoms with van der Waals surface area (Å²) in [5, 5.41) is 9.53. The number of aliphatic hydroxyl groups is 1. The number of H-pyrrole nitrogens is 1. The van der Waals surface area contributed by atoms with Gasteiger partial charge in [0.25, 0.3) is 5.56 Å². The smallest absolute Gasteiger partial charge is 0.330 e. The molecule has 1 fully saturated rings. The topological polar surface area (TPSA) is 84.3 Å². The Labute approximate surface area is 104 Å². The molecule has 1 aromatic rings. The zero-order chi connectivity index (χ0) is 11.9. The van der Waals surface area contributed by atoms with E-state index in [4.69, 9.17) is 4.74 Å². The molecular weight excluding hydrogens is 248 g/mol. The van der Waals surface area contributed by atoms with Crippen LogP contribution in [0, 0.1) is 6.92 Å². The lowest BCUT2D eigenvalue weighted by Gasteiger charge is -2.13. The Morgan fingerprint density at radius 3 is 2.71 bits per heavy atom. The molecule has 1 aliphatic rings. The Morgan fingerprint density at radius 1 is 1.53 bits per heavy atom. The average Bonchev–Trinajstić information content (AvgIpc) is 2.53. The zero-order valence-electron chi connectivity index (χ0n) is 9.54. The van der Waals surface area contributed by atoms with Gasteiger partial charge >= 0.3 is 5.69 Å². The first-order chi connectivity index (χ1) is 7.49. The largest absolute Gasteiger partial charge is 0.390 e. The lowest BCUT2D eigenvalue weighted by Crippen LogP contribution is -2.33. The second-order valence-electron chi connectivity index (χ2n) is 4.08. The Morgan fingerprint density at radius 2 is 2.18 bits per heavy atom. The number of aliphatic hydroxyl groups excluding tert-OH is 1. The van der Waals surface area contributed by atoms with Gasteiger partial charge in [-0.3, -0.25) is 14.3 Å². The molecule has 6 nitrogen and oxygen atoms in total. The molecule has 2 N–H and O–H groups in total. The molecule has 2 heterocycles. The quantitative estimate of drug-likeness (QED) is 0.742. The van der Waals surface area contributed by atoms with Crippen LogP contribution in [-0.2, 0) is 4.74 Å². The van der Waals surface area contributed by atoms with Gasteiger partial charge in [-0.1, -0.05) is 0 Å². The van der Waals surface area contributed by atoms with Crippen LogP contribution in [0.5, 0.6) is 0 Å². The van der Waals surface area contributed by atoms with Crippen LogP contribution in [0.15, 0.2) is 15.8 Å². The third-order valence-electron chi connectivity index (χ3n) is 2.81. The minimum Gasteiger partial charge on any atom is -0.390 e. The third kappa shape index (κ3) is 2.59. The van der Waals surface area contributed by atoms with Crippen molar-refractivity contribution in [2.45, 2.75) is 38.7 Å². The van der Waals surface area contributed by atoms with E-state index in [1.807, 2.05) is 0 Å². The number of aromatic nitrogens is 2. The summed E-state index contributed by atoms with van der Waals surface area (Å²) in [6.45, 7) is 3.36. The molecule has 1 aliphatic heterocycles. The van der Waals surface area contributed by atoms with Crippen molar-refractivity contribution in [3.05, 3.63) is 32.6 Å². The molecule has 0 amide bonds. The van der Waals surface area contributed by atoms with Gasteiger partial charge in [0.05, 0.1) is 12.2 Å². The second-order valence-corrected chi connectivity index (χ2v) is 4.08. The Balaban J connectivity index is 0.00000144. The first-order valence-corrected chi connectivity index (χ1v) is 5.14. The van der Waals surface area contributed by atoms with Crippen LogP contribution in [0.25, 0.3) is 0 Å². The van der Waals surface area contributed by atoms with E-state index in [1.54, 1.807) is 13.8 Å². The highest BCUT2D eigenvalue weighted by Gasteiger charge is 2.32. The van der Waals surface area contributed by atoms with Crippen LogP contribution in [0.4, 0.5) is 0 Å². The SMILES string of the molecule is Cc1cn([C@H]2C[C@H](O)[C@@H](C)O2)c(=O)[nH]c1=O.Cl. The summed E-state index contributed by atoms with van der Waals surface area (Å²) in [6.07, 6.45) is 0.421. The minimum atomic E-state index is -0.580. The number of nitrogens with one attached hydrogen (secondary N) is 1. The highest BCUT2D eigenvalue weighted by atomic mass is 35.5. The maximum Gasteiger partial charge on any atom is 0.330 e. The van der Waals surface area contributed by atoms with Crippen molar-refractivity contribution in [2.75, 3.05) is 0 Å². The molecule has 0 spiro atoms. The van der Waals surface area contributed by atoms with E-state index in [0.717, 1.165) is 0 Å². The van der Waals surface area contributed by atoms with Gasteiger partial charge in [0.1, 0.15) is 6.23 Å². The molecule has 0 saturated carbocycles. The summed E-state index contributed by atoms with van der Waals surface area (Å²) < 4.78 is 6.74. The van der Waals surface area contributed by atoms with Crippen LogP contribution in [0.3, 0.4) is 0 Å². The number of aromatic amines is 1. The lowest BCUT2D eigenvalue weighted by molar-refractivity contribution is -0.0102. The number of aryl methyl sites for hydroxylation is 1. The standard InChI is InChI=1S/C10H14N2O4.ClH/c1-5-4-12(10(15)11-9(5)14)8-3-7(13)6(2)16-8;/h4,6-8,13H,3H2,1-2H3,(H,11,14,15);1H/t6-,7+,8-;/m1./s1. The van der Waals surface area contributed by atoms with Gasteiger partial charge in [0.15, 0.2) is 0 Å². The summed E-state index contributed by atoms with van der Waals surface area (Å²) in [5.74, 6) is 0. The van der Waals surface area contributed by atoms with Crippen molar-refractivity contribution in [2.24, 2.45) is 0 Å². The highest BCUT2D eigenvalue weighted by Crippen LogP contribution is 2.26. The molecule has 3 atom stereocenters. The zero-order valence-corrected chi connectivity index (χ0v) is 10.4. The molecule has 1 saturated heterocycles. The van der Waals surface area contributed by atoms with E-state index in [1.165, 1.54) is 10.8 Å². The van der Waals surface area contributed by atoms with E-state index in [0.29, 0.717) is 12.0 Å². The predicted molar refractivity (Wildman–Crippen MR) is 63.5 cm³/mol. The van der Waals surface area contributed by atoms with Crippen molar-refractivity contribution >= 4 is 12.4 Å². The second kappa shape index (κ2) is 5.03. The average molecular weight is 263 g/mol. The van der Waals surface area contributed by atoms with Gasteiger partial charge in [0.2, 0.25) is 0 Å². The Bertz CT molecular complexity index is 500. The van der Waals surface area contributed by atoms with Gasteiger partial charge < -0.3 is 9.84 Å². The normalized spacial score (nSPS) is 27.8. The van der Waals surface area contributed by atoms with E-state index < -0.39 is 23.6 Å². The van der Waals surface area contributed by atoms with Gasteiger partial charge in [-0.25, -0.2) is 4.79 Å². The molecule has 17 heavy (non-hydrogen) atoms. The van der Waals surface area contributed by atoms with Gasteiger partial charge in [0, 0.05) is 18.2 Å². The van der Waals surface area contributed by atoms with Gasteiger partial charge in [-0.2, -0.15) is 0 Å². The summed E-state index contributed by atoms with van der Waals surface area (Å²) >= 11 is 0. The minimum absolute atomic E-state index is 0. The Kier molecular flexibility index (Phi) is 4.13. The Hall–Kier alpha value is -1.11. The fourth-order valence-electron chi connectivity index (χ4n) is 1.77. The monoisotopic (exact) mass is 262 g/mol. The molecular formula is C10H15ClN2O4. The molecule has 0 radical (unpaired) electrons. The molecule has 0 unspecified atom stereocenters. The van der Waals surface area contributed by atoms with Crippen LogP contribution in [0.2, 0.25) is 0 Å². The van der Waals surface area contributed by atoms with E-state index in [-0.39, 0.29) is 18.5 Å². The molecule has 0 bridgehead atoms. The van der Waals surface area contributed by atoms with Gasteiger partial charge in [-0.15, -0.1) is 12.4 Å². The van der Waals surface area contributed by atoms with Crippen molar-refractivity contribution in [3.63, 3.8) is 0 Å². The fourth-order valence-corrected chi connectivity index (χ4v) is 1.77. The third-order valence-corrected chi connectivity index (χ3v) is 2.81. The van der Waals surface area contributed by atoms with Crippen molar-refractivity contribution in [3.8, 4) is 0 Å². The van der Waals surface area contributed by atoms with Crippen molar-refractivity contribution in [1.82, 2.24) is 9.55 Å². The van der Waals surface area contributed by atoms with Crippen LogP contribution < -0.4 is 11.2 Å². The fraction of sp³-hybridized carbons (Fsp3) is 0.600. The number of ether oxygens (including phenoxy) is 1. The summed E-state index contributed by atoms with van der Waals surface area (Å²) in [5.41, 5.74) is -0.466. The predicted octanol–water partition coefficient (Wildman–Crippen LogP) is -0.0649. The summed E-state index contributed by atoms with van der Waals surface area (Å²) in [6, 6.07) is 0. The highest BCUT2D eigenvalue weighted by molar-refractivity contribution is 5.85. The number of rotatable bonds is 1. The maximum atomic E-state index is 11.5. The van der Waals surface area contributed by atoms with E-state index in [2.05, 4.69) is 4.98 Å². The first-order valence-electron chi connectivity index (χ1n) is 5.14. The van der Waals surface area contributed by atoms with Crippen molar-refractivity contribution in [1.29, 1.82) is 0 Å². The molecule has 0 aliphatic carbocycles. The summed E-state index contributed by atoms with van der Waals surface area (Å²) in [7, 11) is 0. The molecule has 1 aromatic heterocycles. The van der Waals surface area contributed by atoms with E-state index in [9.17, 15) is 14.7 Å². The number of halogens is 1. The molecule has 2 rings (SSSR count). The maximum absolute atomic E-state index is 11.5. The first kappa shape index (κ1) is 14.0. The van der Waals surface area contributed by atoms with Crippen LogP contribution >= 0.6 is 12.4 Å². The van der Waals surface area contributed by atoms with Crippen molar-refractivity contribution < 1.29 is 9.84 Å². The molecule has 96 valence electrons.